The molecule has 9 heteroatoms. The number of carbonyl (C=O) groups excluding carboxylic acids is 1. The first kappa shape index (κ1) is 20.7. The molecule has 8 nitrogen and oxygen atoms in total. The lowest BCUT2D eigenvalue weighted by Crippen LogP contribution is -2.29. The van der Waals surface area contributed by atoms with Crippen LogP contribution in [0.1, 0.15) is 52.3 Å². The summed E-state index contributed by atoms with van der Waals surface area (Å²) < 4.78 is 12.6. The van der Waals surface area contributed by atoms with Gasteiger partial charge in [0.25, 0.3) is 5.91 Å². The third-order valence-corrected chi connectivity index (χ3v) is 5.11. The highest BCUT2D eigenvalue weighted by Gasteiger charge is 2.22. The number of carbonyl (C=O) groups is 2. The molecule has 0 fully saturated rings. The zero-order valence-electron chi connectivity index (χ0n) is 16.9. The number of furan rings is 2. The topological polar surface area (TPSA) is 102 Å². The van der Waals surface area contributed by atoms with Crippen LogP contribution in [0.3, 0.4) is 0 Å². The molecule has 31 heavy (non-hydrogen) atoms. The van der Waals surface area contributed by atoms with Crippen molar-refractivity contribution in [3.05, 3.63) is 76.9 Å². The predicted molar refractivity (Wildman–Crippen MR) is 113 cm³/mol. The van der Waals surface area contributed by atoms with E-state index in [1.807, 2.05) is 24.5 Å². The van der Waals surface area contributed by atoms with Crippen molar-refractivity contribution in [3.63, 3.8) is 0 Å². The third-order valence-electron chi connectivity index (χ3n) is 4.84. The minimum atomic E-state index is -1.17. The molecule has 0 aliphatic rings. The standard InChI is InChI=1S/C22H20ClN3O5/c1-13(2)26-18-7-5-14(10-17(18)24-22(26)23)20(27)25(11-15-4-3-9-30-15)12-16-6-8-19(31-16)21(28)29/h3-10,13H,11-12H2,1-2H3,(H,28,29). The van der Waals surface area contributed by atoms with E-state index in [1.54, 1.807) is 30.3 Å². The van der Waals surface area contributed by atoms with Crippen LogP contribution in [0.15, 0.2) is 57.6 Å². The quantitative estimate of drug-likeness (QED) is 0.433. The van der Waals surface area contributed by atoms with Crippen LogP contribution >= 0.6 is 11.6 Å². The summed E-state index contributed by atoms with van der Waals surface area (Å²) in [6.45, 7) is 4.28. The van der Waals surface area contributed by atoms with Crippen LogP contribution in [0.2, 0.25) is 5.28 Å². The summed E-state index contributed by atoms with van der Waals surface area (Å²) in [5, 5.41) is 9.44. The molecule has 0 unspecified atom stereocenters. The third kappa shape index (κ3) is 4.20. The second-order valence-corrected chi connectivity index (χ2v) is 7.70. The smallest absolute Gasteiger partial charge is 0.371 e. The fourth-order valence-electron chi connectivity index (χ4n) is 3.43. The van der Waals surface area contributed by atoms with Gasteiger partial charge in [0, 0.05) is 11.6 Å². The summed E-state index contributed by atoms with van der Waals surface area (Å²) in [6.07, 6.45) is 1.53. The minimum Gasteiger partial charge on any atom is -0.475 e. The van der Waals surface area contributed by atoms with Gasteiger partial charge in [-0.25, -0.2) is 9.78 Å². The highest BCUT2D eigenvalue weighted by Crippen LogP contribution is 2.26. The number of aromatic carboxylic acids is 1. The van der Waals surface area contributed by atoms with Crippen LogP contribution in [0.25, 0.3) is 11.0 Å². The van der Waals surface area contributed by atoms with Crippen molar-refractivity contribution in [3.8, 4) is 0 Å². The fraction of sp³-hybridized carbons (Fsp3) is 0.227. The molecule has 0 atom stereocenters. The van der Waals surface area contributed by atoms with Gasteiger partial charge in [-0.05, 0) is 67.9 Å². The normalized spacial score (nSPS) is 11.4. The Balaban J connectivity index is 1.66. The van der Waals surface area contributed by atoms with Crippen LogP contribution < -0.4 is 0 Å². The number of amides is 1. The van der Waals surface area contributed by atoms with Crippen LogP contribution in [-0.4, -0.2) is 31.4 Å². The van der Waals surface area contributed by atoms with Crippen molar-refractivity contribution in [2.24, 2.45) is 0 Å². The van der Waals surface area contributed by atoms with E-state index in [1.165, 1.54) is 17.2 Å². The Labute approximate surface area is 182 Å². The van der Waals surface area contributed by atoms with E-state index in [4.69, 9.17) is 25.5 Å². The van der Waals surface area contributed by atoms with Gasteiger partial charge in [-0.15, -0.1) is 0 Å². The van der Waals surface area contributed by atoms with E-state index in [0.29, 0.717) is 27.9 Å². The second kappa shape index (κ2) is 8.31. The van der Waals surface area contributed by atoms with Gasteiger partial charge in [0.2, 0.25) is 11.0 Å². The molecule has 0 saturated heterocycles. The summed E-state index contributed by atoms with van der Waals surface area (Å²) in [4.78, 5) is 30.3. The van der Waals surface area contributed by atoms with Crippen molar-refractivity contribution in [2.75, 3.05) is 0 Å². The molecule has 0 bridgehead atoms. The number of hydrogen-bond donors (Lipinski definition) is 1. The summed E-state index contributed by atoms with van der Waals surface area (Å²) >= 11 is 6.27. The maximum atomic E-state index is 13.3. The molecule has 4 aromatic rings. The number of rotatable bonds is 7. The number of fused-ring (bicyclic) bond motifs is 1. The Morgan fingerprint density at radius 3 is 2.58 bits per heavy atom. The molecule has 1 aromatic carbocycles. The monoisotopic (exact) mass is 441 g/mol. The van der Waals surface area contributed by atoms with E-state index in [9.17, 15) is 9.59 Å². The summed E-state index contributed by atoms with van der Waals surface area (Å²) in [7, 11) is 0. The number of aromatic nitrogens is 2. The van der Waals surface area contributed by atoms with Crippen molar-refractivity contribution in [1.82, 2.24) is 14.5 Å². The van der Waals surface area contributed by atoms with Gasteiger partial charge in [0.1, 0.15) is 11.5 Å². The molecule has 4 rings (SSSR count). The number of carboxylic acids is 1. The number of nitrogens with zero attached hydrogens (tertiary/aromatic N) is 3. The molecule has 0 radical (unpaired) electrons. The SMILES string of the molecule is CC(C)n1c(Cl)nc2cc(C(=O)N(Cc3ccco3)Cc3ccc(C(=O)O)o3)ccc21. The molecule has 0 aliphatic carbocycles. The molecular weight excluding hydrogens is 422 g/mol. The molecule has 3 heterocycles. The average molecular weight is 442 g/mol. The van der Waals surface area contributed by atoms with Gasteiger partial charge < -0.3 is 23.4 Å². The Kier molecular flexibility index (Phi) is 5.56. The lowest BCUT2D eigenvalue weighted by atomic mass is 10.1. The van der Waals surface area contributed by atoms with Gasteiger partial charge in [-0.2, -0.15) is 0 Å². The highest BCUT2D eigenvalue weighted by molar-refractivity contribution is 6.29. The first-order chi connectivity index (χ1) is 14.8. The second-order valence-electron chi connectivity index (χ2n) is 7.36. The first-order valence-electron chi connectivity index (χ1n) is 9.64. The zero-order valence-corrected chi connectivity index (χ0v) is 17.7. The van der Waals surface area contributed by atoms with E-state index < -0.39 is 5.97 Å². The summed E-state index contributed by atoms with van der Waals surface area (Å²) in [5.41, 5.74) is 1.88. The van der Waals surface area contributed by atoms with Crippen LogP contribution in [0, 0.1) is 0 Å². The first-order valence-corrected chi connectivity index (χ1v) is 10.0. The van der Waals surface area contributed by atoms with Gasteiger partial charge in [0.15, 0.2) is 0 Å². The van der Waals surface area contributed by atoms with Gasteiger partial charge in [-0.1, -0.05) is 0 Å². The number of hydrogen-bond acceptors (Lipinski definition) is 5. The number of benzene rings is 1. The number of halogens is 1. The van der Waals surface area contributed by atoms with Gasteiger partial charge in [0.05, 0.1) is 30.4 Å². The number of imidazole rings is 1. The van der Waals surface area contributed by atoms with E-state index >= 15 is 0 Å². The van der Waals surface area contributed by atoms with E-state index in [2.05, 4.69) is 4.98 Å². The Hall–Kier alpha value is -3.52. The van der Waals surface area contributed by atoms with E-state index in [0.717, 1.165) is 5.52 Å². The van der Waals surface area contributed by atoms with Crippen LogP contribution in [0.5, 0.6) is 0 Å². The van der Waals surface area contributed by atoms with E-state index in [-0.39, 0.29) is 30.8 Å². The fourth-order valence-corrected chi connectivity index (χ4v) is 3.81. The van der Waals surface area contributed by atoms with Crippen LogP contribution in [0.4, 0.5) is 0 Å². The van der Waals surface area contributed by atoms with Crippen LogP contribution in [-0.2, 0) is 13.1 Å². The molecule has 0 spiro atoms. The maximum absolute atomic E-state index is 13.3. The molecule has 1 N–H and O–H groups in total. The zero-order chi connectivity index (χ0) is 22.1. The Morgan fingerprint density at radius 1 is 1.16 bits per heavy atom. The largest absolute Gasteiger partial charge is 0.475 e. The number of carboxylic acid groups (broad SMARTS) is 1. The van der Waals surface area contributed by atoms with Crippen molar-refractivity contribution >= 4 is 34.5 Å². The van der Waals surface area contributed by atoms with Crippen molar-refractivity contribution in [2.45, 2.75) is 33.0 Å². The maximum Gasteiger partial charge on any atom is 0.371 e. The molecule has 3 aromatic heterocycles. The molecular formula is C22H20ClN3O5. The summed E-state index contributed by atoms with van der Waals surface area (Å²) in [5.74, 6) is -0.687. The lowest BCUT2D eigenvalue weighted by Gasteiger charge is -2.21. The Morgan fingerprint density at radius 2 is 1.94 bits per heavy atom. The summed E-state index contributed by atoms with van der Waals surface area (Å²) in [6, 6.07) is 11.8. The lowest BCUT2D eigenvalue weighted by molar-refractivity contribution is 0.0653. The van der Waals surface area contributed by atoms with Gasteiger partial charge in [-0.3, -0.25) is 4.79 Å². The highest BCUT2D eigenvalue weighted by atomic mass is 35.5. The Bertz CT molecular complexity index is 1240. The molecule has 1 amide bonds. The molecule has 160 valence electrons. The minimum absolute atomic E-state index is 0.0754. The molecule has 0 aliphatic heterocycles. The molecule has 0 saturated carbocycles. The predicted octanol–water partition coefficient (Wildman–Crippen LogP) is 5.00. The van der Waals surface area contributed by atoms with Crippen molar-refractivity contribution in [1.29, 1.82) is 0 Å². The average Bonchev–Trinajstić information content (AvgIpc) is 3.45. The van der Waals surface area contributed by atoms with Gasteiger partial charge >= 0.3 is 5.97 Å². The van der Waals surface area contributed by atoms with Crippen molar-refractivity contribution < 1.29 is 23.5 Å².